The Morgan fingerprint density at radius 3 is 2.48 bits per heavy atom. The molecule has 1 fully saturated rings. The Morgan fingerprint density at radius 2 is 1.89 bits per heavy atom. The molecule has 1 amide bonds. The number of benzene rings is 1. The van der Waals surface area contributed by atoms with Crippen LogP contribution >= 0.6 is 0 Å². The first-order valence-electron chi connectivity index (χ1n) is 9.04. The third kappa shape index (κ3) is 5.10. The van der Waals surface area contributed by atoms with Crippen molar-refractivity contribution in [2.75, 3.05) is 19.7 Å². The van der Waals surface area contributed by atoms with Crippen LogP contribution in [0.2, 0.25) is 0 Å². The van der Waals surface area contributed by atoms with Gasteiger partial charge in [0.25, 0.3) is 5.91 Å². The first-order chi connectivity index (χ1) is 13.0. The average molecular weight is 369 g/mol. The number of hydrogen-bond acceptors (Lipinski definition) is 5. The Morgan fingerprint density at radius 1 is 1.19 bits per heavy atom. The molecule has 0 bridgehead atoms. The number of rotatable bonds is 7. The highest BCUT2D eigenvalue weighted by Gasteiger charge is 2.24. The molecule has 1 unspecified atom stereocenters. The summed E-state index contributed by atoms with van der Waals surface area (Å²) in [5.41, 5.74) is 2.30. The highest BCUT2D eigenvalue weighted by atomic mass is 16.5. The predicted octanol–water partition coefficient (Wildman–Crippen LogP) is 2.35. The fraction of sp³-hybridized carbons (Fsp3) is 0.400. The van der Waals surface area contributed by atoms with Gasteiger partial charge in [-0.3, -0.25) is 4.79 Å². The molecule has 0 spiro atoms. The molecule has 1 aromatic carbocycles. The van der Waals surface area contributed by atoms with Crippen molar-refractivity contribution in [3.05, 3.63) is 59.2 Å². The van der Waals surface area contributed by atoms with Crippen molar-refractivity contribution in [3.63, 3.8) is 0 Å². The van der Waals surface area contributed by atoms with E-state index in [0.29, 0.717) is 13.1 Å². The molecule has 1 saturated heterocycles. The van der Waals surface area contributed by atoms with Crippen molar-refractivity contribution in [2.24, 2.45) is 0 Å². The normalized spacial score (nSPS) is 16.3. The SMILES string of the molecule is Cc1ccc(CCN(CC2CCCO2)C(=O)c2cnc(C(=O)O)cn2)cc1. The first-order valence-corrected chi connectivity index (χ1v) is 9.04. The monoisotopic (exact) mass is 369 g/mol. The summed E-state index contributed by atoms with van der Waals surface area (Å²) in [5.74, 6) is -1.43. The van der Waals surface area contributed by atoms with Gasteiger partial charge in [0, 0.05) is 19.7 Å². The molecule has 1 aromatic heterocycles. The molecular weight excluding hydrogens is 346 g/mol. The topological polar surface area (TPSA) is 92.6 Å². The van der Waals surface area contributed by atoms with Crippen molar-refractivity contribution in [2.45, 2.75) is 32.3 Å². The van der Waals surface area contributed by atoms with E-state index in [-0.39, 0.29) is 23.4 Å². The standard InChI is InChI=1S/C20H23N3O4/c1-14-4-6-15(7-5-14)8-9-23(13-16-3-2-10-27-16)19(24)17-11-22-18(12-21-17)20(25)26/h4-7,11-12,16H,2-3,8-10,13H2,1H3,(H,25,26). The van der Waals surface area contributed by atoms with E-state index < -0.39 is 5.97 Å². The smallest absolute Gasteiger partial charge is 0.356 e. The van der Waals surface area contributed by atoms with Crippen LogP contribution in [0, 0.1) is 6.92 Å². The molecular formula is C20H23N3O4. The maximum Gasteiger partial charge on any atom is 0.356 e. The second kappa shape index (κ2) is 8.73. The Balaban J connectivity index is 1.72. The Bertz CT molecular complexity index is 784. The highest BCUT2D eigenvalue weighted by Crippen LogP contribution is 2.15. The molecule has 1 aliphatic rings. The van der Waals surface area contributed by atoms with E-state index in [1.165, 1.54) is 11.8 Å². The molecule has 142 valence electrons. The van der Waals surface area contributed by atoms with Crippen LogP contribution in [0.4, 0.5) is 0 Å². The Hall–Kier alpha value is -2.80. The minimum atomic E-state index is -1.17. The lowest BCUT2D eigenvalue weighted by molar-refractivity contribution is 0.0523. The van der Waals surface area contributed by atoms with Crippen LogP contribution in [0.25, 0.3) is 0 Å². The van der Waals surface area contributed by atoms with E-state index in [1.54, 1.807) is 4.90 Å². The van der Waals surface area contributed by atoms with Gasteiger partial charge in [0.2, 0.25) is 0 Å². The summed E-state index contributed by atoms with van der Waals surface area (Å²) < 4.78 is 5.68. The van der Waals surface area contributed by atoms with Crippen LogP contribution in [0.3, 0.4) is 0 Å². The lowest BCUT2D eigenvalue weighted by Gasteiger charge is -2.25. The maximum atomic E-state index is 12.9. The molecule has 2 heterocycles. The molecule has 1 aliphatic heterocycles. The molecule has 7 heteroatoms. The van der Waals surface area contributed by atoms with Crippen LogP contribution in [0.15, 0.2) is 36.7 Å². The number of nitrogens with zero attached hydrogens (tertiary/aromatic N) is 3. The van der Waals surface area contributed by atoms with E-state index in [0.717, 1.165) is 37.6 Å². The van der Waals surface area contributed by atoms with Gasteiger partial charge in [-0.1, -0.05) is 29.8 Å². The largest absolute Gasteiger partial charge is 0.476 e. The number of carboxylic acid groups (broad SMARTS) is 1. The summed E-state index contributed by atoms with van der Waals surface area (Å²) >= 11 is 0. The molecule has 1 N–H and O–H groups in total. The van der Waals surface area contributed by atoms with Gasteiger partial charge < -0.3 is 14.7 Å². The van der Waals surface area contributed by atoms with Gasteiger partial charge in [-0.2, -0.15) is 0 Å². The molecule has 1 atom stereocenters. The lowest BCUT2D eigenvalue weighted by atomic mass is 10.1. The zero-order valence-electron chi connectivity index (χ0n) is 15.3. The quantitative estimate of drug-likeness (QED) is 0.805. The van der Waals surface area contributed by atoms with Gasteiger partial charge in [0.15, 0.2) is 5.69 Å². The molecule has 7 nitrogen and oxygen atoms in total. The number of carbonyl (C=O) groups is 2. The molecule has 3 rings (SSSR count). The van der Waals surface area contributed by atoms with Crippen molar-refractivity contribution >= 4 is 11.9 Å². The molecule has 0 radical (unpaired) electrons. The summed E-state index contributed by atoms with van der Waals surface area (Å²) in [5, 5.41) is 8.93. The molecule has 0 saturated carbocycles. The minimum Gasteiger partial charge on any atom is -0.476 e. The number of aryl methyl sites for hydroxylation is 1. The Labute approximate surface area is 158 Å². The van der Waals surface area contributed by atoms with Crippen molar-refractivity contribution in [3.8, 4) is 0 Å². The zero-order chi connectivity index (χ0) is 19.2. The van der Waals surface area contributed by atoms with Gasteiger partial charge in [0.05, 0.1) is 18.5 Å². The van der Waals surface area contributed by atoms with E-state index in [1.807, 2.05) is 6.92 Å². The van der Waals surface area contributed by atoms with Gasteiger partial charge in [-0.25, -0.2) is 14.8 Å². The summed E-state index contributed by atoms with van der Waals surface area (Å²) in [6.07, 6.45) is 5.01. The third-order valence-corrected chi connectivity index (χ3v) is 4.62. The number of aromatic nitrogens is 2. The predicted molar refractivity (Wildman–Crippen MR) is 98.8 cm³/mol. The fourth-order valence-corrected chi connectivity index (χ4v) is 3.04. The third-order valence-electron chi connectivity index (χ3n) is 4.62. The van der Waals surface area contributed by atoms with Crippen molar-refractivity contribution < 1.29 is 19.4 Å². The lowest BCUT2D eigenvalue weighted by Crippen LogP contribution is -2.39. The second-order valence-electron chi connectivity index (χ2n) is 6.71. The minimum absolute atomic E-state index is 0.0261. The number of carboxylic acids is 1. The highest BCUT2D eigenvalue weighted by molar-refractivity contribution is 5.92. The van der Waals surface area contributed by atoms with E-state index in [4.69, 9.17) is 9.84 Å². The number of hydrogen-bond donors (Lipinski definition) is 1. The number of ether oxygens (including phenoxy) is 1. The number of amides is 1. The van der Waals surface area contributed by atoms with E-state index in [9.17, 15) is 9.59 Å². The van der Waals surface area contributed by atoms with E-state index >= 15 is 0 Å². The number of carbonyl (C=O) groups excluding carboxylic acids is 1. The van der Waals surface area contributed by atoms with Crippen molar-refractivity contribution in [1.29, 1.82) is 0 Å². The van der Waals surface area contributed by atoms with Crippen LogP contribution in [-0.2, 0) is 11.2 Å². The molecule has 0 aliphatic carbocycles. The van der Waals surface area contributed by atoms with Gasteiger partial charge in [0.1, 0.15) is 5.69 Å². The van der Waals surface area contributed by atoms with Crippen LogP contribution < -0.4 is 0 Å². The van der Waals surface area contributed by atoms with Crippen LogP contribution in [-0.4, -0.2) is 57.7 Å². The zero-order valence-corrected chi connectivity index (χ0v) is 15.3. The van der Waals surface area contributed by atoms with Gasteiger partial charge in [-0.15, -0.1) is 0 Å². The molecule has 27 heavy (non-hydrogen) atoms. The number of aromatic carboxylic acids is 1. The fourth-order valence-electron chi connectivity index (χ4n) is 3.04. The summed E-state index contributed by atoms with van der Waals surface area (Å²) in [7, 11) is 0. The van der Waals surface area contributed by atoms with Gasteiger partial charge in [-0.05, 0) is 31.7 Å². The second-order valence-corrected chi connectivity index (χ2v) is 6.71. The average Bonchev–Trinajstić information content (AvgIpc) is 3.19. The first kappa shape index (κ1) is 19.0. The Kier molecular flexibility index (Phi) is 6.13. The van der Waals surface area contributed by atoms with Gasteiger partial charge >= 0.3 is 5.97 Å². The summed E-state index contributed by atoms with van der Waals surface area (Å²) in [6.45, 7) is 3.78. The van der Waals surface area contributed by atoms with Crippen LogP contribution in [0.5, 0.6) is 0 Å². The molecule has 2 aromatic rings. The summed E-state index contributed by atoms with van der Waals surface area (Å²) in [4.78, 5) is 33.3. The summed E-state index contributed by atoms with van der Waals surface area (Å²) in [6, 6.07) is 8.23. The maximum absolute atomic E-state index is 12.9. The van der Waals surface area contributed by atoms with Crippen LogP contribution in [0.1, 0.15) is 44.9 Å². The van der Waals surface area contributed by atoms with Crippen molar-refractivity contribution in [1.82, 2.24) is 14.9 Å². The van der Waals surface area contributed by atoms with E-state index in [2.05, 4.69) is 34.2 Å².